The van der Waals surface area contributed by atoms with Crippen LogP contribution in [0, 0.1) is 0 Å². The smallest absolute Gasteiger partial charge is 0.172 e. The Morgan fingerprint density at radius 3 is 2.11 bits per heavy atom. The van der Waals surface area contributed by atoms with Crippen LogP contribution in [0.3, 0.4) is 0 Å². The van der Waals surface area contributed by atoms with E-state index in [1.54, 1.807) is 11.3 Å². The second kappa shape index (κ2) is 10.6. The molecule has 0 saturated carbocycles. The molecule has 1 rings (SSSR count). The largest absolute Gasteiger partial charge is 0.293 e. The molecule has 0 saturated heterocycles. The van der Waals surface area contributed by atoms with Gasteiger partial charge < -0.3 is 0 Å². The number of unbranched alkanes of at least 4 members (excludes halogenated alkanes) is 8. The zero-order chi connectivity index (χ0) is 13.9. The van der Waals surface area contributed by atoms with Gasteiger partial charge in [0.2, 0.25) is 0 Å². The van der Waals surface area contributed by atoms with E-state index in [4.69, 9.17) is 0 Å². The average Bonchev–Trinajstić information content (AvgIpc) is 2.83. The molecular weight excluding hydrogens is 320 g/mol. The van der Waals surface area contributed by atoms with Crippen LogP contribution >= 0.6 is 27.3 Å². The third-order valence-electron chi connectivity index (χ3n) is 3.36. The van der Waals surface area contributed by atoms with Gasteiger partial charge in [-0.05, 0) is 34.5 Å². The summed E-state index contributed by atoms with van der Waals surface area (Å²) in [5.41, 5.74) is 0. The van der Waals surface area contributed by atoms with E-state index in [-0.39, 0.29) is 0 Å². The molecule has 0 spiro atoms. The van der Waals surface area contributed by atoms with Crippen LogP contribution in [-0.4, -0.2) is 5.78 Å². The summed E-state index contributed by atoms with van der Waals surface area (Å²) in [5, 5.41) is 0. The highest BCUT2D eigenvalue weighted by atomic mass is 79.9. The number of hydrogen-bond acceptors (Lipinski definition) is 2. The van der Waals surface area contributed by atoms with Crippen molar-refractivity contribution in [1.29, 1.82) is 0 Å². The molecule has 1 aromatic rings. The van der Waals surface area contributed by atoms with Crippen molar-refractivity contribution in [2.45, 2.75) is 71.1 Å². The molecule has 0 bridgehead atoms. The fraction of sp³-hybridized carbons (Fsp3) is 0.688. The van der Waals surface area contributed by atoms with E-state index < -0.39 is 0 Å². The molecule has 0 aliphatic carbocycles. The zero-order valence-electron chi connectivity index (χ0n) is 11.9. The van der Waals surface area contributed by atoms with Gasteiger partial charge in [-0.3, -0.25) is 4.79 Å². The van der Waals surface area contributed by atoms with Gasteiger partial charge >= 0.3 is 0 Å². The monoisotopic (exact) mass is 344 g/mol. The highest BCUT2D eigenvalue weighted by Crippen LogP contribution is 2.23. The van der Waals surface area contributed by atoms with Gasteiger partial charge in [-0.1, -0.05) is 58.3 Å². The Labute approximate surface area is 129 Å². The third kappa shape index (κ3) is 7.88. The van der Waals surface area contributed by atoms with Crippen molar-refractivity contribution in [3.63, 3.8) is 0 Å². The maximum Gasteiger partial charge on any atom is 0.172 e. The van der Waals surface area contributed by atoms with E-state index in [0.29, 0.717) is 12.2 Å². The van der Waals surface area contributed by atoms with Gasteiger partial charge in [-0.2, -0.15) is 0 Å². The zero-order valence-corrected chi connectivity index (χ0v) is 14.3. The molecule has 0 aromatic carbocycles. The second-order valence-corrected chi connectivity index (χ2v) is 7.57. The van der Waals surface area contributed by atoms with Gasteiger partial charge in [0, 0.05) is 6.42 Å². The molecule has 3 heteroatoms. The summed E-state index contributed by atoms with van der Waals surface area (Å²) in [7, 11) is 0. The molecule has 0 radical (unpaired) electrons. The molecule has 19 heavy (non-hydrogen) atoms. The van der Waals surface area contributed by atoms with Crippen LogP contribution in [0.2, 0.25) is 0 Å². The van der Waals surface area contributed by atoms with E-state index in [1.807, 2.05) is 12.1 Å². The number of thiophene rings is 1. The van der Waals surface area contributed by atoms with Crippen molar-refractivity contribution in [2.75, 3.05) is 0 Å². The number of ketones is 1. The van der Waals surface area contributed by atoms with Gasteiger partial charge in [0.1, 0.15) is 0 Å². The minimum atomic E-state index is 0.304. The lowest BCUT2D eigenvalue weighted by Crippen LogP contribution is -1.95. The van der Waals surface area contributed by atoms with E-state index in [0.717, 1.165) is 15.1 Å². The first-order valence-electron chi connectivity index (χ1n) is 7.52. The predicted molar refractivity (Wildman–Crippen MR) is 88.2 cm³/mol. The van der Waals surface area contributed by atoms with Gasteiger partial charge in [0.05, 0.1) is 8.66 Å². The van der Waals surface area contributed by atoms with Crippen molar-refractivity contribution in [1.82, 2.24) is 0 Å². The summed E-state index contributed by atoms with van der Waals surface area (Å²) in [6, 6.07) is 3.87. The average molecular weight is 345 g/mol. The van der Waals surface area contributed by atoms with E-state index in [1.165, 1.54) is 51.4 Å². The van der Waals surface area contributed by atoms with Crippen molar-refractivity contribution in [3.8, 4) is 0 Å². The maximum absolute atomic E-state index is 11.9. The second-order valence-electron chi connectivity index (χ2n) is 5.11. The summed E-state index contributed by atoms with van der Waals surface area (Å²) >= 11 is 4.94. The van der Waals surface area contributed by atoms with Crippen LogP contribution in [0.1, 0.15) is 80.8 Å². The van der Waals surface area contributed by atoms with Gasteiger partial charge in [-0.25, -0.2) is 0 Å². The first kappa shape index (κ1) is 16.9. The number of hydrogen-bond donors (Lipinski definition) is 0. The van der Waals surface area contributed by atoms with Crippen molar-refractivity contribution >= 4 is 33.0 Å². The Kier molecular flexibility index (Phi) is 9.44. The van der Waals surface area contributed by atoms with Crippen LogP contribution in [0.25, 0.3) is 0 Å². The summed E-state index contributed by atoms with van der Waals surface area (Å²) in [6.07, 6.45) is 12.4. The molecule has 0 atom stereocenters. The number of Topliss-reactive ketones (excluding diaryl/α,β-unsaturated/α-hetero) is 1. The standard InChI is InChI=1S/C16H25BrOS/c1-2-3-4-5-6-7-8-9-10-11-14(18)15-12-13-16(17)19-15/h12-13H,2-11H2,1H3. The first-order chi connectivity index (χ1) is 9.24. The van der Waals surface area contributed by atoms with Gasteiger partial charge in [0.15, 0.2) is 5.78 Å². The Morgan fingerprint density at radius 2 is 1.58 bits per heavy atom. The molecule has 1 heterocycles. The minimum absolute atomic E-state index is 0.304. The van der Waals surface area contributed by atoms with Crippen LogP contribution in [0.4, 0.5) is 0 Å². The predicted octanol–water partition coefficient (Wildman–Crippen LogP) is 6.61. The SMILES string of the molecule is CCCCCCCCCCCC(=O)c1ccc(Br)s1. The maximum atomic E-state index is 11.9. The summed E-state index contributed by atoms with van der Waals surface area (Å²) in [6.45, 7) is 2.25. The lowest BCUT2D eigenvalue weighted by molar-refractivity contribution is 0.0983. The normalized spacial score (nSPS) is 10.8. The van der Waals surface area contributed by atoms with Crippen molar-refractivity contribution in [2.24, 2.45) is 0 Å². The van der Waals surface area contributed by atoms with Crippen molar-refractivity contribution in [3.05, 3.63) is 20.8 Å². The summed E-state index contributed by atoms with van der Waals surface area (Å²) in [5.74, 6) is 0.304. The number of carbonyl (C=O) groups is 1. The molecule has 1 aromatic heterocycles. The topological polar surface area (TPSA) is 17.1 Å². The van der Waals surface area contributed by atoms with Crippen LogP contribution < -0.4 is 0 Å². The molecule has 1 nitrogen and oxygen atoms in total. The highest BCUT2D eigenvalue weighted by Gasteiger charge is 2.07. The molecular formula is C16H25BrOS. The minimum Gasteiger partial charge on any atom is -0.293 e. The molecule has 0 amide bonds. The third-order valence-corrected chi connectivity index (χ3v) is 5.02. The van der Waals surface area contributed by atoms with E-state index in [2.05, 4.69) is 22.9 Å². The summed E-state index contributed by atoms with van der Waals surface area (Å²) in [4.78, 5) is 12.7. The number of rotatable bonds is 11. The van der Waals surface area contributed by atoms with Crippen LogP contribution in [-0.2, 0) is 0 Å². The Morgan fingerprint density at radius 1 is 1.00 bits per heavy atom. The number of halogens is 1. The highest BCUT2D eigenvalue weighted by molar-refractivity contribution is 9.11. The number of carbonyl (C=O) groups excluding carboxylic acids is 1. The fourth-order valence-corrected chi connectivity index (χ4v) is 3.54. The quantitative estimate of drug-likeness (QED) is 0.325. The molecule has 108 valence electrons. The van der Waals surface area contributed by atoms with E-state index >= 15 is 0 Å². The van der Waals surface area contributed by atoms with Gasteiger partial charge in [0.25, 0.3) is 0 Å². The Balaban J connectivity index is 1.95. The molecule has 0 aliphatic rings. The first-order valence-corrected chi connectivity index (χ1v) is 9.13. The van der Waals surface area contributed by atoms with Crippen LogP contribution in [0.5, 0.6) is 0 Å². The lowest BCUT2D eigenvalue weighted by atomic mass is 10.1. The van der Waals surface area contributed by atoms with Gasteiger partial charge in [-0.15, -0.1) is 11.3 Å². The molecule has 0 aliphatic heterocycles. The molecule has 0 unspecified atom stereocenters. The fourth-order valence-electron chi connectivity index (χ4n) is 2.18. The Hall–Kier alpha value is -0.150. The molecule has 0 fully saturated rings. The Bertz CT molecular complexity index is 359. The van der Waals surface area contributed by atoms with Crippen molar-refractivity contribution < 1.29 is 4.79 Å². The van der Waals surface area contributed by atoms with E-state index in [9.17, 15) is 4.79 Å². The lowest BCUT2D eigenvalue weighted by Gasteiger charge is -2.01. The van der Waals surface area contributed by atoms with Crippen LogP contribution in [0.15, 0.2) is 15.9 Å². The molecule has 0 N–H and O–H groups in total. The summed E-state index contributed by atoms with van der Waals surface area (Å²) < 4.78 is 1.04.